The second-order valence-corrected chi connectivity index (χ2v) is 6.98. The molecule has 2 aliphatic rings. The van der Waals surface area contributed by atoms with Crippen molar-refractivity contribution in [2.75, 3.05) is 31.5 Å². The van der Waals surface area contributed by atoms with Gasteiger partial charge in [-0.1, -0.05) is 19.3 Å². The Bertz CT molecular complexity index is 684. The lowest BCUT2D eigenvalue weighted by Gasteiger charge is -2.47. The zero-order valence-corrected chi connectivity index (χ0v) is 14.6. The lowest BCUT2D eigenvalue weighted by molar-refractivity contribution is -0.134. The first-order chi connectivity index (χ1) is 12.4. The Hall–Kier alpha value is -2.22. The zero-order chi connectivity index (χ0) is 18.7. The molecule has 0 aromatic heterocycles. The first-order valence-corrected chi connectivity index (χ1v) is 8.98. The van der Waals surface area contributed by atoms with E-state index in [4.69, 9.17) is 5.73 Å². The minimum atomic E-state index is -0.813. The number of anilines is 1. The Morgan fingerprint density at radius 2 is 1.69 bits per heavy atom. The van der Waals surface area contributed by atoms with Crippen LogP contribution in [-0.2, 0) is 4.79 Å². The van der Waals surface area contributed by atoms with E-state index < -0.39 is 23.2 Å². The SMILES string of the molecule is NC(=O)C1(N2CCN(C(=O)Nc3ccc(F)cc3F)CC2)CCCCC1. The largest absolute Gasteiger partial charge is 0.368 e. The summed E-state index contributed by atoms with van der Waals surface area (Å²) in [6.07, 6.45) is 4.59. The summed E-state index contributed by atoms with van der Waals surface area (Å²) in [5.74, 6) is -1.80. The van der Waals surface area contributed by atoms with Crippen LogP contribution in [0.15, 0.2) is 18.2 Å². The molecule has 2 fully saturated rings. The number of hydrogen-bond donors (Lipinski definition) is 2. The maximum absolute atomic E-state index is 13.7. The molecule has 1 aromatic rings. The van der Waals surface area contributed by atoms with Crippen molar-refractivity contribution in [3.63, 3.8) is 0 Å². The van der Waals surface area contributed by atoms with Crippen LogP contribution in [0.1, 0.15) is 32.1 Å². The van der Waals surface area contributed by atoms with E-state index in [1.165, 1.54) is 6.07 Å². The molecule has 0 bridgehead atoms. The van der Waals surface area contributed by atoms with Crippen LogP contribution in [0.2, 0.25) is 0 Å². The van der Waals surface area contributed by atoms with E-state index >= 15 is 0 Å². The minimum absolute atomic E-state index is 0.0558. The molecule has 1 saturated heterocycles. The molecule has 0 radical (unpaired) electrons. The average Bonchev–Trinajstić information content (AvgIpc) is 2.64. The summed E-state index contributed by atoms with van der Waals surface area (Å²) in [6, 6.07) is 2.58. The maximum atomic E-state index is 13.7. The number of urea groups is 1. The van der Waals surface area contributed by atoms with Gasteiger partial charge in [0.25, 0.3) is 0 Å². The van der Waals surface area contributed by atoms with Gasteiger partial charge in [-0.2, -0.15) is 0 Å². The molecule has 0 atom stereocenters. The van der Waals surface area contributed by atoms with Gasteiger partial charge in [0, 0.05) is 32.2 Å². The van der Waals surface area contributed by atoms with Crippen LogP contribution in [0.25, 0.3) is 0 Å². The summed E-state index contributed by atoms with van der Waals surface area (Å²) in [4.78, 5) is 28.1. The second-order valence-electron chi connectivity index (χ2n) is 6.98. The van der Waals surface area contributed by atoms with Gasteiger partial charge in [-0.15, -0.1) is 0 Å². The van der Waals surface area contributed by atoms with Crippen molar-refractivity contribution in [3.05, 3.63) is 29.8 Å². The van der Waals surface area contributed by atoms with Crippen molar-refractivity contribution >= 4 is 17.6 Å². The molecular formula is C18H24F2N4O2. The highest BCUT2D eigenvalue weighted by Gasteiger charge is 2.44. The lowest BCUT2D eigenvalue weighted by atomic mass is 9.79. The molecule has 142 valence electrons. The predicted octanol–water partition coefficient (Wildman–Crippen LogP) is 2.30. The Labute approximate surface area is 151 Å². The number of primary amides is 1. The van der Waals surface area contributed by atoms with Crippen molar-refractivity contribution in [3.8, 4) is 0 Å². The highest BCUT2D eigenvalue weighted by molar-refractivity contribution is 5.89. The Morgan fingerprint density at radius 1 is 1.04 bits per heavy atom. The molecule has 3 rings (SSSR count). The number of amides is 3. The van der Waals surface area contributed by atoms with Crippen molar-refractivity contribution < 1.29 is 18.4 Å². The van der Waals surface area contributed by atoms with E-state index in [1.807, 2.05) is 0 Å². The van der Waals surface area contributed by atoms with E-state index in [2.05, 4.69) is 10.2 Å². The molecule has 6 nitrogen and oxygen atoms in total. The number of hydrogen-bond acceptors (Lipinski definition) is 3. The number of piperazine rings is 1. The maximum Gasteiger partial charge on any atom is 0.322 e. The number of rotatable bonds is 3. The Balaban J connectivity index is 1.60. The van der Waals surface area contributed by atoms with Gasteiger partial charge >= 0.3 is 6.03 Å². The van der Waals surface area contributed by atoms with Gasteiger partial charge in [-0.3, -0.25) is 9.69 Å². The van der Waals surface area contributed by atoms with Crippen LogP contribution in [0.4, 0.5) is 19.3 Å². The van der Waals surface area contributed by atoms with Crippen LogP contribution in [0.3, 0.4) is 0 Å². The summed E-state index contributed by atoms with van der Waals surface area (Å²) in [6.45, 7) is 1.93. The lowest BCUT2D eigenvalue weighted by Crippen LogP contribution is -2.64. The van der Waals surface area contributed by atoms with Crippen LogP contribution in [0.5, 0.6) is 0 Å². The highest BCUT2D eigenvalue weighted by Crippen LogP contribution is 2.34. The van der Waals surface area contributed by atoms with Gasteiger partial charge in [0.15, 0.2) is 0 Å². The summed E-state index contributed by atoms with van der Waals surface area (Å²) in [5.41, 5.74) is 5.05. The van der Waals surface area contributed by atoms with Gasteiger partial charge in [-0.05, 0) is 25.0 Å². The molecule has 1 heterocycles. The van der Waals surface area contributed by atoms with Crippen molar-refractivity contribution in [1.29, 1.82) is 0 Å². The van der Waals surface area contributed by atoms with E-state index in [0.29, 0.717) is 26.2 Å². The van der Waals surface area contributed by atoms with Gasteiger partial charge in [0.05, 0.1) is 5.69 Å². The van der Waals surface area contributed by atoms with Crippen LogP contribution < -0.4 is 11.1 Å². The molecule has 1 saturated carbocycles. The molecule has 0 unspecified atom stereocenters. The van der Waals surface area contributed by atoms with Crippen LogP contribution in [-0.4, -0.2) is 53.5 Å². The molecule has 1 aliphatic carbocycles. The molecular weight excluding hydrogens is 342 g/mol. The van der Waals surface area contributed by atoms with E-state index in [-0.39, 0.29) is 11.6 Å². The number of nitrogens with zero attached hydrogens (tertiary/aromatic N) is 2. The number of carbonyl (C=O) groups is 2. The summed E-state index contributed by atoms with van der Waals surface area (Å²) in [7, 11) is 0. The van der Waals surface area contributed by atoms with Gasteiger partial charge in [-0.25, -0.2) is 13.6 Å². The summed E-state index contributed by atoms with van der Waals surface area (Å²) >= 11 is 0. The van der Waals surface area contributed by atoms with Crippen LogP contribution >= 0.6 is 0 Å². The molecule has 8 heteroatoms. The van der Waals surface area contributed by atoms with Crippen LogP contribution in [0, 0.1) is 11.6 Å². The number of carbonyl (C=O) groups excluding carboxylic acids is 2. The van der Waals surface area contributed by atoms with E-state index in [0.717, 1.165) is 44.2 Å². The second kappa shape index (κ2) is 7.57. The third kappa shape index (κ3) is 3.65. The minimum Gasteiger partial charge on any atom is -0.368 e. The monoisotopic (exact) mass is 366 g/mol. The van der Waals surface area contributed by atoms with Gasteiger partial charge in [0.1, 0.15) is 17.2 Å². The quantitative estimate of drug-likeness (QED) is 0.862. The highest BCUT2D eigenvalue weighted by atomic mass is 19.1. The molecule has 26 heavy (non-hydrogen) atoms. The van der Waals surface area contributed by atoms with Gasteiger partial charge in [0.2, 0.25) is 5.91 Å². The van der Waals surface area contributed by atoms with Crippen molar-refractivity contribution in [2.45, 2.75) is 37.6 Å². The zero-order valence-electron chi connectivity index (χ0n) is 14.6. The summed E-state index contributed by atoms with van der Waals surface area (Å²) in [5, 5.41) is 2.47. The standard InChI is InChI=1S/C18H24F2N4O2/c19-13-4-5-15(14(20)12-13)22-17(26)23-8-10-24(11-9-23)18(16(21)25)6-2-1-3-7-18/h4-5,12H,1-3,6-11H2,(H2,21,25)(H,22,26). The first kappa shape index (κ1) is 18.6. The number of nitrogens with one attached hydrogen (secondary N) is 1. The fourth-order valence-electron chi connectivity index (χ4n) is 3.98. The average molecular weight is 366 g/mol. The predicted molar refractivity (Wildman–Crippen MR) is 93.5 cm³/mol. The summed E-state index contributed by atoms with van der Waals surface area (Å²) < 4.78 is 26.6. The number of benzene rings is 1. The van der Waals surface area contributed by atoms with E-state index in [9.17, 15) is 18.4 Å². The smallest absolute Gasteiger partial charge is 0.322 e. The topological polar surface area (TPSA) is 78.7 Å². The third-order valence-electron chi connectivity index (χ3n) is 5.48. The van der Waals surface area contributed by atoms with Crippen molar-refractivity contribution in [2.24, 2.45) is 5.73 Å². The van der Waals surface area contributed by atoms with Crippen molar-refractivity contribution in [1.82, 2.24) is 9.80 Å². The normalized spacial score (nSPS) is 20.6. The first-order valence-electron chi connectivity index (χ1n) is 8.98. The fourth-order valence-corrected chi connectivity index (χ4v) is 3.98. The molecule has 3 N–H and O–H groups in total. The Kier molecular flexibility index (Phi) is 5.41. The Morgan fingerprint density at radius 3 is 2.27 bits per heavy atom. The molecule has 0 spiro atoms. The number of nitrogens with two attached hydrogens (primary N) is 1. The molecule has 3 amide bonds. The third-order valence-corrected chi connectivity index (χ3v) is 5.48. The molecule has 1 aromatic carbocycles. The number of halogens is 2. The fraction of sp³-hybridized carbons (Fsp3) is 0.556. The molecule has 1 aliphatic heterocycles. The van der Waals surface area contributed by atoms with Gasteiger partial charge < -0.3 is 16.0 Å². The van der Waals surface area contributed by atoms with E-state index in [1.54, 1.807) is 4.90 Å².